The fourth-order valence-electron chi connectivity index (χ4n) is 2.81. The molecule has 1 amide bonds. The minimum absolute atomic E-state index is 0.250. The van der Waals surface area contributed by atoms with Gasteiger partial charge in [-0.3, -0.25) is 4.79 Å². The van der Waals surface area contributed by atoms with Crippen molar-refractivity contribution in [3.05, 3.63) is 65.5 Å². The highest BCUT2D eigenvalue weighted by Gasteiger charge is 2.52. The molecule has 0 radical (unpaired) electrons. The first kappa shape index (κ1) is 16.2. The maximum absolute atomic E-state index is 14.1. The molecule has 1 aliphatic carbocycles. The Bertz CT molecular complexity index is 784. The summed E-state index contributed by atoms with van der Waals surface area (Å²) in [6, 6.07) is 13.0. The van der Waals surface area contributed by atoms with E-state index in [-0.39, 0.29) is 23.9 Å². The van der Waals surface area contributed by atoms with E-state index < -0.39 is 11.4 Å². The molecule has 0 aromatic heterocycles. The van der Waals surface area contributed by atoms with Crippen LogP contribution in [0.4, 0.5) is 10.1 Å². The Hall–Kier alpha value is -2.69. The largest absolute Gasteiger partial charge is 0.462 e. The maximum Gasteiger partial charge on any atom is 0.340 e. The topological polar surface area (TPSA) is 55.4 Å². The van der Waals surface area contributed by atoms with Gasteiger partial charge in [0.15, 0.2) is 0 Å². The number of benzene rings is 2. The van der Waals surface area contributed by atoms with Crippen LogP contribution < -0.4 is 5.32 Å². The number of esters is 1. The monoisotopic (exact) mass is 327 g/mol. The normalized spacial score (nSPS) is 14.8. The summed E-state index contributed by atoms with van der Waals surface area (Å²) in [5.74, 6) is -1.18. The Labute approximate surface area is 139 Å². The molecule has 0 heterocycles. The zero-order valence-electron chi connectivity index (χ0n) is 13.3. The number of para-hydroxylation sites is 1. The Morgan fingerprint density at radius 1 is 1.12 bits per heavy atom. The number of nitrogens with one attached hydrogen (secondary N) is 1. The summed E-state index contributed by atoms with van der Waals surface area (Å²) in [4.78, 5) is 24.8. The van der Waals surface area contributed by atoms with Gasteiger partial charge in [-0.25, -0.2) is 9.18 Å². The fourth-order valence-corrected chi connectivity index (χ4v) is 2.81. The Morgan fingerprint density at radius 3 is 2.46 bits per heavy atom. The van der Waals surface area contributed by atoms with Gasteiger partial charge in [0.25, 0.3) is 0 Å². The number of hydrogen-bond acceptors (Lipinski definition) is 3. The molecule has 0 saturated heterocycles. The zero-order chi connectivity index (χ0) is 17.2. The molecule has 124 valence electrons. The molecule has 0 unspecified atom stereocenters. The van der Waals surface area contributed by atoms with Crippen LogP contribution in [-0.4, -0.2) is 18.5 Å². The number of halogens is 1. The third-order valence-corrected chi connectivity index (χ3v) is 4.24. The van der Waals surface area contributed by atoms with E-state index in [9.17, 15) is 14.0 Å². The van der Waals surface area contributed by atoms with Crippen LogP contribution in [0, 0.1) is 5.82 Å². The van der Waals surface area contributed by atoms with Crippen LogP contribution in [0.3, 0.4) is 0 Å². The second kappa shape index (κ2) is 6.43. The van der Waals surface area contributed by atoms with E-state index in [1.807, 2.05) is 0 Å². The van der Waals surface area contributed by atoms with Crippen LogP contribution in [0.2, 0.25) is 0 Å². The highest BCUT2D eigenvalue weighted by atomic mass is 19.1. The molecule has 0 bridgehead atoms. The Kier molecular flexibility index (Phi) is 4.34. The van der Waals surface area contributed by atoms with E-state index in [1.54, 1.807) is 49.4 Å². The molecule has 0 aliphatic heterocycles. The summed E-state index contributed by atoms with van der Waals surface area (Å²) in [6.07, 6.45) is 1.17. The van der Waals surface area contributed by atoms with Crippen molar-refractivity contribution in [2.24, 2.45) is 0 Å². The summed E-state index contributed by atoms with van der Waals surface area (Å²) in [7, 11) is 0. The van der Waals surface area contributed by atoms with Crippen molar-refractivity contribution < 1.29 is 18.7 Å². The lowest BCUT2D eigenvalue weighted by Gasteiger charge is -2.17. The van der Waals surface area contributed by atoms with Crippen molar-refractivity contribution in [1.82, 2.24) is 0 Å². The van der Waals surface area contributed by atoms with Crippen molar-refractivity contribution >= 4 is 17.6 Å². The van der Waals surface area contributed by atoms with Crippen molar-refractivity contribution in [3.8, 4) is 0 Å². The summed E-state index contributed by atoms with van der Waals surface area (Å²) in [6.45, 7) is 1.97. The second-order valence-corrected chi connectivity index (χ2v) is 5.78. The molecule has 1 fully saturated rings. The Balaban J connectivity index is 1.86. The average Bonchev–Trinajstić information content (AvgIpc) is 3.38. The molecule has 5 heteroatoms. The lowest BCUT2D eigenvalue weighted by atomic mass is 9.94. The number of amides is 1. The van der Waals surface area contributed by atoms with E-state index in [0.29, 0.717) is 24.1 Å². The predicted octanol–water partition coefficient (Wildman–Crippen LogP) is 3.67. The van der Waals surface area contributed by atoms with Crippen molar-refractivity contribution in [2.45, 2.75) is 25.2 Å². The molecule has 2 aromatic carbocycles. The van der Waals surface area contributed by atoms with E-state index in [2.05, 4.69) is 5.32 Å². The van der Waals surface area contributed by atoms with Gasteiger partial charge in [-0.15, -0.1) is 0 Å². The second-order valence-electron chi connectivity index (χ2n) is 5.78. The highest BCUT2D eigenvalue weighted by Crippen LogP contribution is 2.49. The summed E-state index contributed by atoms with van der Waals surface area (Å²) >= 11 is 0. The minimum atomic E-state index is -0.854. The number of rotatable bonds is 5. The van der Waals surface area contributed by atoms with Crippen LogP contribution in [0.15, 0.2) is 48.5 Å². The predicted molar refractivity (Wildman–Crippen MR) is 88.3 cm³/mol. The molecule has 2 aromatic rings. The van der Waals surface area contributed by atoms with Gasteiger partial charge in [-0.05, 0) is 38.0 Å². The first-order valence-corrected chi connectivity index (χ1v) is 7.91. The molecule has 1 aliphatic rings. The first-order valence-electron chi connectivity index (χ1n) is 7.91. The van der Waals surface area contributed by atoms with E-state index in [1.165, 1.54) is 6.07 Å². The molecular formula is C19H18FNO3. The smallest absolute Gasteiger partial charge is 0.340 e. The minimum Gasteiger partial charge on any atom is -0.462 e. The van der Waals surface area contributed by atoms with Gasteiger partial charge in [0.05, 0.1) is 23.3 Å². The fraction of sp³-hybridized carbons (Fsp3) is 0.263. The van der Waals surface area contributed by atoms with Crippen LogP contribution in [-0.2, 0) is 14.9 Å². The van der Waals surface area contributed by atoms with Gasteiger partial charge in [-0.2, -0.15) is 0 Å². The van der Waals surface area contributed by atoms with Gasteiger partial charge in [0, 0.05) is 5.56 Å². The lowest BCUT2D eigenvalue weighted by molar-refractivity contribution is -0.118. The van der Waals surface area contributed by atoms with Gasteiger partial charge in [-0.1, -0.05) is 30.3 Å². The summed E-state index contributed by atoms with van der Waals surface area (Å²) < 4.78 is 19.1. The van der Waals surface area contributed by atoms with Gasteiger partial charge >= 0.3 is 5.97 Å². The average molecular weight is 327 g/mol. The summed E-state index contributed by atoms with van der Waals surface area (Å²) in [5.41, 5.74) is 0.212. The molecule has 3 rings (SSSR count). The molecule has 1 saturated carbocycles. The highest BCUT2D eigenvalue weighted by molar-refractivity contribution is 6.06. The van der Waals surface area contributed by atoms with Crippen LogP contribution in [0.5, 0.6) is 0 Å². The van der Waals surface area contributed by atoms with Gasteiger partial charge in [0.1, 0.15) is 5.82 Å². The first-order chi connectivity index (χ1) is 11.6. The maximum atomic E-state index is 14.1. The van der Waals surface area contributed by atoms with Gasteiger partial charge < -0.3 is 10.1 Å². The van der Waals surface area contributed by atoms with Gasteiger partial charge in [0.2, 0.25) is 5.91 Å². The molecule has 0 atom stereocenters. The van der Waals surface area contributed by atoms with Crippen molar-refractivity contribution in [1.29, 1.82) is 0 Å². The molecular weight excluding hydrogens is 309 g/mol. The van der Waals surface area contributed by atoms with Crippen LogP contribution in [0.25, 0.3) is 0 Å². The quantitative estimate of drug-likeness (QED) is 0.853. The number of carbonyl (C=O) groups excluding carboxylic acids is 2. The van der Waals surface area contributed by atoms with E-state index >= 15 is 0 Å². The third kappa shape index (κ3) is 2.89. The molecule has 4 nitrogen and oxygen atoms in total. The SMILES string of the molecule is CCOC(=O)c1ccccc1NC(=O)C1(c2ccccc2F)CC1. The van der Waals surface area contributed by atoms with Crippen LogP contribution in [0.1, 0.15) is 35.7 Å². The standard InChI is InChI=1S/C19H18FNO3/c1-2-24-17(22)13-7-3-6-10-16(13)21-18(23)19(11-12-19)14-8-4-5-9-15(14)20/h3-10H,2,11-12H2,1H3,(H,21,23). The van der Waals surface area contributed by atoms with E-state index in [0.717, 1.165) is 0 Å². The molecule has 0 spiro atoms. The third-order valence-electron chi connectivity index (χ3n) is 4.24. The molecule has 24 heavy (non-hydrogen) atoms. The summed E-state index contributed by atoms with van der Waals surface area (Å²) in [5, 5.41) is 2.77. The van der Waals surface area contributed by atoms with Crippen molar-refractivity contribution in [3.63, 3.8) is 0 Å². The van der Waals surface area contributed by atoms with Crippen LogP contribution >= 0.6 is 0 Å². The molecule has 1 N–H and O–H groups in total. The number of hydrogen-bond donors (Lipinski definition) is 1. The van der Waals surface area contributed by atoms with E-state index in [4.69, 9.17) is 4.74 Å². The number of carbonyl (C=O) groups is 2. The number of ether oxygens (including phenoxy) is 1. The number of anilines is 1. The Morgan fingerprint density at radius 2 is 1.79 bits per heavy atom. The van der Waals surface area contributed by atoms with Crippen molar-refractivity contribution in [2.75, 3.05) is 11.9 Å². The zero-order valence-corrected chi connectivity index (χ0v) is 13.3. The lowest BCUT2D eigenvalue weighted by Crippen LogP contribution is -2.29.